The molecule has 0 aromatic heterocycles. The Labute approximate surface area is 293 Å². The van der Waals surface area contributed by atoms with Gasteiger partial charge in [0.1, 0.15) is 18.4 Å². The average molecular weight is 695 g/mol. The molecule has 0 unspecified atom stereocenters. The highest BCUT2D eigenvalue weighted by atomic mass is 16.6. The zero-order valence-electron chi connectivity index (χ0n) is 28.8. The van der Waals surface area contributed by atoms with E-state index < -0.39 is 42.2 Å². The predicted molar refractivity (Wildman–Crippen MR) is 186 cm³/mol. The molecule has 12 nitrogen and oxygen atoms in total. The molecule has 5 atom stereocenters. The van der Waals surface area contributed by atoms with E-state index in [1.54, 1.807) is 38.4 Å². The monoisotopic (exact) mass is 694 g/mol. The highest BCUT2D eigenvalue weighted by Gasteiger charge is 2.39. The van der Waals surface area contributed by atoms with E-state index in [1.165, 1.54) is 4.90 Å². The summed E-state index contributed by atoms with van der Waals surface area (Å²) in [4.78, 5) is 28.6. The number of carbonyl (C=O) groups is 2. The van der Waals surface area contributed by atoms with Gasteiger partial charge >= 0.3 is 6.09 Å². The summed E-state index contributed by atoms with van der Waals surface area (Å²) in [6.45, 7) is 2.59. The fourth-order valence-electron chi connectivity index (χ4n) is 6.16. The number of aliphatic hydroxyl groups excluding tert-OH is 2. The molecule has 4 rings (SSSR count). The van der Waals surface area contributed by atoms with Crippen molar-refractivity contribution in [3.05, 3.63) is 101 Å². The number of aromatic hydroxyl groups is 1. The second-order valence-corrected chi connectivity index (χ2v) is 12.2. The molecule has 0 aliphatic heterocycles. The van der Waals surface area contributed by atoms with Gasteiger partial charge in [-0.1, -0.05) is 66.7 Å². The van der Waals surface area contributed by atoms with Crippen LogP contribution in [0.3, 0.4) is 0 Å². The zero-order chi connectivity index (χ0) is 35.7. The second kappa shape index (κ2) is 20.6. The Bertz CT molecular complexity index is 1440. The van der Waals surface area contributed by atoms with Crippen molar-refractivity contribution in [2.24, 2.45) is 0 Å². The van der Waals surface area contributed by atoms with Crippen LogP contribution in [0.4, 0.5) is 4.79 Å². The van der Waals surface area contributed by atoms with Crippen molar-refractivity contribution in [1.29, 1.82) is 0 Å². The molecule has 0 bridgehead atoms. The van der Waals surface area contributed by atoms with E-state index in [9.17, 15) is 24.9 Å². The average Bonchev–Trinajstić information content (AvgIpc) is 3.46. The molecular weight excluding hydrogens is 644 g/mol. The minimum atomic E-state index is -1.18. The summed E-state index contributed by atoms with van der Waals surface area (Å²) >= 11 is 0. The number of benzene rings is 3. The number of alkyl carbamates (subject to hydrolysis) is 1. The second-order valence-electron chi connectivity index (χ2n) is 12.2. The molecule has 0 saturated carbocycles. The van der Waals surface area contributed by atoms with Crippen molar-refractivity contribution in [2.75, 3.05) is 67.0 Å². The third-order valence-electron chi connectivity index (χ3n) is 8.72. The van der Waals surface area contributed by atoms with Crippen molar-refractivity contribution < 1.29 is 48.6 Å². The number of likely N-dealkylation sites (N-methyl/N-ethyl adjacent to an activating group) is 1. The van der Waals surface area contributed by atoms with Crippen LogP contribution in [-0.4, -0.2) is 117 Å². The number of hydrogen-bond acceptors (Lipinski definition) is 10. The van der Waals surface area contributed by atoms with Crippen LogP contribution in [0.25, 0.3) is 0 Å². The lowest BCUT2D eigenvalue weighted by atomic mass is 9.84. The van der Waals surface area contributed by atoms with Crippen LogP contribution in [-0.2, 0) is 41.3 Å². The molecule has 1 aliphatic carbocycles. The van der Waals surface area contributed by atoms with Crippen molar-refractivity contribution >= 4 is 12.0 Å². The molecule has 4 N–H and O–H groups in total. The number of hydrogen-bond donors (Lipinski definition) is 4. The molecule has 272 valence electrons. The van der Waals surface area contributed by atoms with E-state index in [0.29, 0.717) is 52.5 Å². The lowest BCUT2D eigenvalue weighted by Crippen LogP contribution is -2.51. The molecule has 2 amide bonds. The van der Waals surface area contributed by atoms with E-state index in [0.717, 1.165) is 22.3 Å². The van der Waals surface area contributed by atoms with Crippen LogP contribution < -0.4 is 5.32 Å². The zero-order valence-corrected chi connectivity index (χ0v) is 28.8. The first-order chi connectivity index (χ1) is 24.3. The number of methoxy groups -OCH3 is 1. The number of phenols is 1. The Morgan fingerprint density at radius 2 is 1.44 bits per heavy atom. The maximum atomic E-state index is 14.1. The third-order valence-corrected chi connectivity index (χ3v) is 8.72. The Kier molecular flexibility index (Phi) is 16.0. The highest BCUT2D eigenvalue weighted by Crippen LogP contribution is 2.36. The van der Waals surface area contributed by atoms with Crippen LogP contribution in [0, 0.1) is 0 Å². The standard InChI is InChI=1S/C38H50N2O10/c1-40(36-31-11-7-6-10-29(31)25-35(36)43)37(44)33(39-38(45)50-23-22-49-21-20-48-19-18-47-17-16-46-2)26-34(42)32(24-27-8-4-3-5-9-27)28-12-14-30(41)15-13-28/h3-15,32-36,41-43H,16-26H2,1-2H3,(H,39,45)/t32-,33+,34-,35+,36-/m0/s1. The maximum Gasteiger partial charge on any atom is 0.407 e. The van der Waals surface area contributed by atoms with E-state index in [2.05, 4.69) is 5.32 Å². The van der Waals surface area contributed by atoms with Crippen LogP contribution >= 0.6 is 0 Å². The van der Waals surface area contributed by atoms with Crippen molar-refractivity contribution in [3.8, 4) is 5.75 Å². The third kappa shape index (κ3) is 11.8. The summed E-state index contributed by atoms with van der Waals surface area (Å²) in [5.74, 6) is -0.858. The fourth-order valence-corrected chi connectivity index (χ4v) is 6.16. The minimum absolute atomic E-state index is 0.0654. The number of carbonyl (C=O) groups excluding carboxylic acids is 2. The molecule has 50 heavy (non-hydrogen) atoms. The van der Waals surface area contributed by atoms with Gasteiger partial charge in [-0.3, -0.25) is 4.79 Å². The van der Waals surface area contributed by atoms with Gasteiger partial charge in [-0.25, -0.2) is 4.79 Å². The van der Waals surface area contributed by atoms with Gasteiger partial charge in [0.05, 0.1) is 64.5 Å². The summed E-state index contributed by atoms with van der Waals surface area (Å²) in [5, 5.41) is 35.3. The van der Waals surface area contributed by atoms with Crippen molar-refractivity contribution in [3.63, 3.8) is 0 Å². The molecule has 1 aliphatic rings. The van der Waals surface area contributed by atoms with Gasteiger partial charge in [0.2, 0.25) is 5.91 Å². The summed E-state index contributed by atoms with van der Waals surface area (Å²) in [6.07, 6.45) is -2.04. The van der Waals surface area contributed by atoms with Crippen molar-refractivity contribution in [2.45, 2.75) is 49.5 Å². The number of rotatable bonds is 21. The van der Waals surface area contributed by atoms with Gasteiger partial charge in [0.15, 0.2) is 0 Å². The number of aliphatic hydroxyl groups is 2. The molecular formula is C38H50N2O10. The lowest BCUT2D eigenvalue weighted by Gasteiger charge is -2.33. The van der Waals surface area contributed by atoms with Crippen LogP contribution in [0.5, 0.6) is 5.75 Å². The van der Waals surface area contributed by atoms with Gasteiger partial charge in [-0.15, -0.1) is 0 Å². The molecule has 0 fully saturated rings. The summed E-state index contributed by atoms with van der Waals surface area (Å²) in [6, 6.07) is 22.0. The van der Waals surface area contributed by atoms with Crippen LogP contribution in [0.1, 0.15) is 40.6 Å². The molecule has 0 radical (unpaired) electrons. The first-order valence-corrected chi connectivity index (χ1v) is 17.0. The van der Waals surface area contributed by atoms with Crippen LogP contribution in [0.15, 0.2) is 78.9 Å². The first-order valence-electron chi connectivity index (χ1n) is 17.0. The number of nitrogens with zero attached hydrogens (tertiary/aromatic N) is 1. The molecule has 0 spiro atoms. The number of amides is 2. The van der Waals surface area contributed by atoms with Crippen molar-refractivity contribution in [1.82, 2.24) is 10.2 Å². The number of phenolic OH excluding ortho intramolecular Hbond substituents is 1. The molecule has 3 aromatic rings. The minimum Gasteiger partial charge on any atom is -0.508 e. The lowest BCUT2D eigenvalue weighted by molar-refractivity contribution is -0.137. The van der Waals surface area contributed by atoms with E-state index >= 15 is 0 Å². The van der Waals surface area contributed by atoms with Gasteiger partial charge in [-0.2, -0.15) is 0 Å². The van der Waals surface area contributed by atoms with Crippen LogP contribution in [0.2, 0.25) is 0 Å². The molecule has 12 heteroatoms. The topological polar surface area (TPSA) is 156 Å². The van der Waals surface area contributed by atoms with E-state index in [1.807, 2.05) is 54.6 Å². The molecule has 0 saturated heterocycles. The number of nitrogens with one attached hydrogen (secondary N) is 1. The highest BCUT2D eigenvalue weighted by molar-refractivity contribution is 5.86. The number of ether oxygens (including phenoxy) is 5. The Hall–Kier alpha value is -4.04. The SMILES string of the molecule is COCCOCCOCCOCCOC(=O)N[C@H](C[C@H](O)[C@@H](Cc1ccccc1)c1ccc(O)cc1)C(=O)N(C)[C@H]1c2ccccc2C[C@H]1O. The Balaban J connectivity index is 1.40. The Morgan fingerprint density at radius 1 is 0.840 bits per heavy atom. The maximum absolute atomic E-state index is 14.1. The first kappa shape index (κ1) is 38.8. The quantitative estimate of drug-likeness (QED) is 0.122. The number of fused-ring (bicyclic) bond motifs is 1. The van der Waals surface area contributed by atoms with Gasteiger partial charge in [0, 0.05) is 32.9 Å². The summed E-state index contributed by atoms with van der Waals surface area (Å²) < 4.78 is 26.5. The van der Waals surface area contributed by atoms with Gasteiger partial charge < -0.3 is 49.2 Å². The van der Waals surface area contributed by atoms with E-state index in [4.69, 9.17) is 23.7 Å². The predicted octanol–water partition coefficient (Wildman–Crippen LogP) is 3.38. The Morgan fingerprint density at radius 3 is 2.10 bits per heavy atom. The summed E-state index contributed by atoms with van der Waals surface area (Å²) in [7, 11) is 3.20. The largest absolute Gasteiger partial charge is 0.508 e. The fraction of sp³-hybridized carbons (Fsp3) is 0.474. The molecule has 0 heterocycles. The van der Waals surface area contributed by atoms with Gasteiger partial charge in [0.25, 0.3) is 0 Å². The van der Waals surface area contributed by atoms with E-state index in [-0.39, 0.29) is 25.4 Å². The normalized spacial score (nSPS) is 17.0. The van der Waals surface area contributed by atoms with Gasteiger partial charge in [-0.05, 0) is 40.8 Å². The summed E-state index contributed by atoms with van der Waals surface area (Å²) in [5.41, 5.74) is 3.53. The molecule has 3 aromatic carbocycles. The smallest absolute Gasteiger partial charge is 0.407 e.